The lowest BCUT2D eigenvalue weighted by Gasteiger charge is -2.52. The first-order valence-electron chi connectivity index (χ1n) is 14.0. The average molecular weight is 633 g/mol. The second kappa shape index (κ2) is 13.8. The monoisotopic (exact) mass is 632 g/mol. The minimum Gasteiger partial charge on any atom is -0.497 e. The molecule has 3 aromatic rings. The van der Waals surface area contributed by atoms with Crippen molar-refractivity contribution in [3.8, 4) is 11.5 Å². The zero-order chi connectivity index (χ0) is 32.1. The van der Waals surface area contributed by atoms with E-state index >= 15 is 0 Å². The van der Waals surface area contributed by atoms with E-state index in [0.29, 0.717) is 28.2 Å². The predicted octanol–water partition coefficient (Wildman–Crippen LogP) is 2.61. The highest BCUT2D eigenvalue weighted by atomic mass is 32.2. The maximum absolute atomic E-state index is 13.6. The molecule has 11 nitrogen and oxygen atoms in total. The van der Waals surface area contributed by atoms with Crippen molar-refractivity contribution in [3.05, 3.63) is 108 Å². The van der Waals surface area contributed by atoms with Gasteiger partial charge in [-0.25, -0.2) is 4.79 Å². The molecule has 0 spiro atoms. The number of hydrogen-bond acceptors (Lipinski definition) is 9. The Bertz CT molecular complexity index is 1610. The molecule has 0 bridgehead atoms. The first-order chi connectivity index (χ1) is 21.7. The largest absolute Gasteiger partial charge is 0.497 e. The molecule has 4 unspecified atom stereocenters. The highest BCUT2D eigenvalue weighted by Gasteiger charge is 2.59. The van der Waals surface area contributed by atoms with Crippen LogP contribution in [0.15, 0.2) is 91.0 Å². The molecule has 0 saturated carbocycles. The molecule has 2 heterocycles. The van der Waals surface area contributed by atoms with Crippen LogP contribution >= 0.6 is 0 Å². The third kappa shape index (κ3) is 6.75. The van der Waals surface area contributed by atoms with Gasteiger partial charge in [0.25, 0.3) is 0 Å². The van der Waals surface area contributed by atoms with Crippen LogP contribution in [0.1, 0.15) is 22.6 Å². The summed E-state index contributed by atoms with van der Waals surface area (Å²) in [6.45, 7) is 3.72. The molecule has 2 aliphatic rings. The topological polar surface area (TPSA) is 138 Å². The summed E-state index contributed by atoms with van der Waals surface area (Å²) >= 11 is 0. The summed E-state index contributed by atoms with van der Waals surface area (Å²) in [7, 11) is 1.42. The number of ether oxygens (including phenoxy) is 4. The Hall–Kier alpha value is -4.97. The Balaban J connectivity index is 1.27. The summed E-state index contributed by atoms with van der Waals surface area (Å²) in [6.07, 6.45) is 0. The van der Waals surface area contributed by atoms with Crippen molar-refractivity contribution < 1.29 is 42.3 Å². The lowest BCUT2D eigenvalue weighted by molar-refractivity contribution is -0.164. The maximum Gasteiger partial charge on any atom is 0.333 e. The van der Waals surface area contributed by atoms with E-state index in [1.54, 1.807) is 93.1 Å². The van der Waals surface area contributed by atoms with Crippen LogP contribution in [0.3, 0.4) is 0 Å². The van der Waals surface area contributed by atoms with Gasteiger partial charge in [-0.1, -0.05) is 61.2 Å². The van der Waals surface area contributed by atoms with Gasteiger partial charge in [0, 0.05) is 5.75 Å². The molecule has 0 aliphatic carbocycles. The number of amides is 2. The van der Waals surface area contributed by atoms with Gasteiger partial charge in [-0.3, -0.25) is 18.6 Å². The summed E-state index contributed by atoms with van der Waals surface area (Å²) in [5.41, 5.74) is 2.02. The molecule has 2 aliphatic heterocycles. The molecule has 2 amide bonds. The number of carbonyl (C=O) groups excluding carboxylic acids is 4. The summed E-state index contributed by atoms with van der Waals surface area (Å²) in [6, 6.07) is 19.8. The van der Waals surface area contributed by atoms with Gasteiger partial charge in [-0.15, -0.1) is 0 Å². The highest BCUT2D eigenvalue weighted by molar-refractivity contribution is 7.86. The van der Waals surface area contributed by atoms with Gasteiger partial charge in [-0.05, 0) is 46.5 Å². The quantitative estimate of drug-likeness (QED) is 0.146. The molecular formula is C33H32N2O9S. The van der Waals surface area contributed by atoms with E-state index in [1.807, 2.05) is 0 Å². The first-order valence-corrected chi connectivity index (χ1v) is 15.4. The van der Waals surface area contributed by atoms with Crippen molar-refractivity contribution in [2.75, 3.05) is 20.0 Å². The first kappa shape index (κ1) is 31.5. The van der Waals surface area contributed by atoms with Crippen LogP contribution in [0.2, 0.25) is 0 Å². The Morgan fingerprint density at radius 3 is 2.00 bits per heavy atom. The highest BCUT2D eigenvalue weighted by Crippen LogP contribution is 2.35. The fraction of sp³-hybridized carbons (Fsp3) is 0.273. The number of rotatable bonds is 11. The third-order valence-corrected chi connectivity index (χ3v) is 9.27. The van der Waals surface area contributed by atoms with Gasteiger partial charge < -0.3 is 29.2 Å². The van der Waals surface area contributed by atoms with E-state index in [-0.39, 0.29) is 24.5 Å². The number of β-lactam (4-membered cyclic amide) rings is 1. The number of esters is 2. The second-order valence-corrected chi connectivity index (χ2v) is 12.0. The molecule has 5 rings (SSSR count). The predicted molar refractivity (Wildman–Crippen MR) is 163 cm³/mol. The van der Waals surface area contributed by atoms with E-state index in [9.17, 15) is 23.4 Å². The number of benzene rings is 3. The fourth-order valence-electron chi connectivity index (χ4n) is 5.19. The Morgan fingerprint density at radius 1 is 0.889 bits per heavy atom. The summed E-state index contributed by atoms with van der Waals surface area (Å²) in [5.74, 6) is -3.14. The van der Waals surface area contributed by atoms with Gasteiger partial charge >= 0.3 is 11.9 Å². The minimum atomic E-state index is -1.66. The molecule has 1 N–H and O–H groups in total. The van der Waals surface area contributed by atoms with Crippen LogP contribution in [-0.4, -0.2) is 70.3 Å². The smallest absolute Gasteiger partial charge is 0.333 e. The molecule has 2 saturated heterocycles. The molecule has 5 atom stereocenters. The van der Waals surface area contributed by atoms with E-state index < -0.39 is 57.9 Å². The van der Waals surface area contributed by atoms with Crippen LogP contribution in [0.25, 0.3) is 0 Å². The van der Waals surface area contributed by atoms with Crippen LogP contribution in [0.4, 0.5) is 0 Å². The summed E-state index contributed by atoms with van der Waals surface area (Å²) in [4.78, 5) is 54.5. The lowest BCUT2D eigenvalue weighted by Crippen LogP contribution is -2.77. The molecule has 234 valence electrons. The molecule has 0 radical (unpaired) electrons. The number of methoxy groups -OCH3 is 2. The van der Waals surface area contributed by atoms with Gasteiger partial charge in [0.05, 0.1) is 25.0 Å². The Morgan fingerprint density at radius 2 is 1.44 bits per heavy atom. The Kier molecular flexibility index (Phi) is 9.62. The number of hydrogen-bond donors (Lipinski definition) is 1. The van der Waals surface area contributed by atoms with Crippen molar-refractivity contribution >= 4 is 34.6 Å². The van der Waals surface area contributed by atoms with Crippen LogP contribution in [-0.2, 0) is 52.7 Å². The standard InChI is InChI=1S/C33H32N2O9S/c1-20-19-45(40)31-27(30(37)35(31)28(20)33(39)44-18-22-11-15-25(42-3)16-12-22)34-29(36)26(23-7-5-4-6-8-23)32(38)43-17-21-9-13-24(41-2)14-10-21/h4-16,26-28,31H,1,17-19H2,2-3H3,(H,34,36)/t26?,27?,28?,31-,45?/m1/s1. The zero-order valence-electron chi connectivity index (χ0n) is 24.7. The Labute approximate surface area is 262 Å². The van der Waals surface area contributed by atoms with Crippen LogP contribution in [0.5, 0.6) is 11.5 Å². The summed E-state index contributed by atoms with van der Waals surface area (Å²) < 4.78 is 34.4. The van der Waals surface area contributed by atoms with Gasteiger partial charge in [0.2, 0.25) is 11.8 Å². The SMILES string of the molecule is C=C1CS(=O)[C@@H]2C(NC(=O)C(C(=O)OCc3ccc(OC)cc3)c3ccccc3)C(=O)N2C1C(=O)OCc1ccc(OC)cc1. The van der Waals surface area contributed by atoms with Crippen molar-refractivity contribution in [1.29, 1.82) is 0 Å². The van der Waals surface area contributed by atoms with Gasteiger partial charge in [0.1, 0.15) is 36.1 Å². The molecule has 45 heavy (non-hydrogen) atoms. The van der Waals surface area contributed by atoms with Crippen molar-refractivity contribution in [3.63, 3.8) is 0 Å². The lowest BCUT2D eigenvalue weighted by atomic mass is 9.95. The van der Waals surface area contributed by atoms with Crippen LogP contribution < -0.4 is 14.8 Å². The van der Waals surface area contributed by atoms with E-state index in [1.165, 1.54) is 0 Å². The summed E-state index contributed by atoms with van der Waals surface area (Å²) in [5, 5.41) is 1.59. The van der Waals surface area contributed by atoms with Crippen LogP contribution in [0, 0.1) is 0 Å². The maximum atomic E-state index is 13.6. The van der Waals surface area contributed by atoms with Gasteiger partial charge in [0.15, 0.2) is 12.0 Å². The van der Waals surface area contributed by atoms with Crippen molar-refractivity contribution in [2.45, 2.75) is 36.6 Å². The number of fused-ring (bicyclic) bond motifs is 1. The third-order valence-electron chi connectivity index (χ3n) is 7.57. The van der Waals surface area contributed by atoms with Crippen molar-refractivity contribution in [2.24, 2.45) is 0 Å². The van der Waals surface area contributed by atoms with E-state index in [2.05, 4.69) is 11.9 Å². The average Bonchev–Trinajstić information content (AvgIpc) is 3.06. The number of nitrogens with one attached hydrogen (secondary N) is 1. The van der Waals surface area contributed by atoms with Crippen molar-refractivity contribution in [1.82, 2.24) is 10.2 Å². The van der Waals surface area contributed by atoms with E-state index in [0.717, 1.165) is 4.90 Å². The molecule has 12 heteroatoms. The molecule has 3 aromatic carbocycles. The second-order valence-electron chi connectivity index (χ2n) is 10.5. The van der Waals surface area contributed by atoms with E-state index in [4.69, 9.17) is 18.9 Å². The number of nitrogens with zero attached hydrogens (tertiary/aromatic N) is 1. The van der Waals surface area contributed by atoms with Gasteiger partial charge in [-0.2, -0.15) is 0 Å². The molecular weight excluding hydrogens is 600 g/mol. The minimum absolute atomic E-state index is 0.0556. The zero-order valence-corrected chi connectivity index (χ0v) is 25.5. The fourth-order valence-corrected chi connectivity index (χ4v) is 6.85. The molecule has 0 aromatic heterocycles. The molecule has 2 fully saturated rings. The normalized spacial score (nSPS) is 21.1. The number of carbonyl (C=O) groups is 4.